The summed E-state index contributed by atoms with van der Waals surface area (Å²) in [4.78, 5) is 2.12. The summed E-state index contributed by atoms with van der Waals surface area (Å²) in [5.41, 5.74) is 0. The molecule has 0 N–H and O–H groups in total. The third kappa shape index (κ3) is 29.6. The van der Waals surface area contributed by atoms with Crippen molar-refractivity contribution in [1.82, 2.24) is 4.90 Å². The molecule has 0 spiro atoms. The van der Waals surface area contributed by atoms with Crippen LogP contribution >= 0.6 is 15.9 Å². The maximum atomic E-state index is 3.25. The van der Waals surface area contributed by atoms with Crippen molar-refractivity contribution < 1.29 is 0 Å². The number of hydrogen-bond donors (Lipinski definition) is 0. The highest BCUT2D eigenvalue weighted by atomic mass is 79.9. The fourth-order valence-electron chi connectivity index (χ4n) is 0. The maximum Gasteiger partial charge on any atom is 0.00286 e. The lowest BCUT2D eigenvalue weighted by Gasteiger charge is -2.00. The molecule has 0 aromatic rings. The van der Waals surface area contributed by atoms with E-state index in [0.717, 1.165) is 11.9 Å². The molecular formula is C7H18BrN. The average molecular weight is 196 g/mol. The molecule has 0 aliphatic heterocycles. The highest BCUT2D eigenvalue weighted by molar-refractivity contribution is 9.09. The summed E-state index contributed by atoms with van der Waals surface area (Å²) < 4.78 is 0. The van der Waals surface area contributed by atoms with Crippen LogP contribution in [0, 0.1) is 0 Å². The molecule has 0 rings (SSSR count). The third-order valence-electron chi connectivity index (χ3n) is 0.821. The predicted molar refractivity (Wildman–Crippen MR) is 48.3 cm³/mol. The van der Waals surface area contributed by atoms with Gasteiger partial charge in [0, 0.05) is 5.33 Å². The number of nitrogens with zero attached hydrogens (tertiary/aromatic N) is 1. The Balaban J connectivity index is 0. The quantitative estimate of drug-likeness (QED) is 0.613. The Kier molecular flexibility index (Phi) is 15.2. The molecule has 2 heteroatoms. The zero-order valence-electron chi connectivity index (χ0n) is 6.95. The Labute approximate surface area is 67.6 Å². The van der Waals surface area contributed by atoms with E-state index in [1.165, 1.54) is 6.42 Å². The lowest BCUT2D eigenvalue weighted by molar-refractivity contribution is 0.434. The van der Waals surface area contributed by atoms with Crippen LogP contribution in [0.2, 0.25) is 0 Å². The van der Waals surface area contributed by atoms with Crippen LogP contribution in [-0.4, -0.2) is 30.9 Å². The monoisotopic (exact) mass is 195 g/mol. The van der Waals surface area contributed by atoms with Gasteiger partial charge in [0.1, 0.15) is 0 Å². The van der Waals surface area contributed by atoms with Gasteiger partial charge in [-0.05, 0) is 27.1 Å². The number of rotatable bonds is 2. The van der Waals surface area contributed by atoms with Crippen LogP contribution < -0.4 is 0 Å². The summed E-state index contributed by atoms with van der Waals surface area (Å²) in [6, 6.07) is 0. The van der Waals surface area contributed by atoms with E-state index in [1.807, 2.05) is 0 Å². The lowest BCUT2D eigenvalue weighted by Crippen LogP contribution is -2.08. The first-order valence-electron chi connectivity index (χ1n) is 3.39. The molecule has 0 saturated heterocycles. The molecule has 0 heterocycles. The van der Waals surface area contributed by atoms with E-state index in [1.54, 1.807) is 0 Å². The van der Waals surface area contributed by atoms with E-state index in [9.17, 15) is 0 Å². The molecule has 0 aromatic carbocycles. The fraction of sp³-hybridized carbons (Fsp3) is 1.00. The summed E-state index contributed by atoms with van der Waals surface area (Å²) in [5.74, 6) is 0. The summed E-state index contributed by atoms with van der Waals surface area (Å²) in [6.07, 6.45) is 1.24. The summed E-state index contributed by atoms with van der Waals surface area (Å²) in [6.45, 7) is 5.40. The van der Waals surface area contributed by atoms with Crippen molar-refractivity contribution in [3.8, 4) is 0 Å². The summed E-state index contributed by atoms with van der Waals surface area (Å²) in [5, 5.41) is 1.13. The fourth-order valence-corrected chi connectivity index (χ4v) is 0. The minimum absolute atomic E-state index is 1.13. The van der Waals surface area contributed by atoms with Gasteiger partial charge in [-0.15, -0.1) is 0 Å². The van der Waals surface area contributed by atoms with E-state index in [2.05, 4.69) is 48.8 Å². The van der Waals surface area contributed by atoms with Gasteiger partial charge < -0.3 is 4.90 Å². The van der Waals surface area contributed by atoms with E-state index in [4.69, 9.17) is 0 Å². The lowest BCUT2D eigenvalue weighted by atomic mass is 10.6. The minimum Gasteiger partial charge on any atom is -0.310 e. The standard InChI is InChI=1S/C4H11N.C3H7Br/c1-4-5(2)3;1-2-3-4/h4H2,1-3H3;2-3H2,1H3. The molecule has 0 fully saturated rings. The predicted octanol–water partition coefficient (Wildman–Crippen LogP) is 2.36. The van der Waals surface area contributed by atoms with Gasteiger partial charge in [0.2, 0.25) is 0 Å². The zero-order chi connectivity index (χ0) is 7.70. The SMILES string of the molecule is CCCBr.CCN(C)C. The Morgan fingerprint density at radius 3 is 1.44 bits per heavy atom. The van der Waals surface area contributed by atoms with Crippen molar-refractivity contribution >= 4 is 15.9 Å². The minimum atomic E-state index is 1.13. The van der Waals surface area contributed by atoms with E-state index >= 15 is 0 Å². The Morgan fingerprint density at radius 2 is 1.44 bits per heavy atom. The van der Waals surface area contributed by atoms with Crippen molar-refractivity contribution in [2.24, 2.45) is 0 Å². The molecule has 0 atom stereocenters. The first-order valence-corrected chi connectivity index (χ1v) is 4.51. The topological polar surface area (TPSA) is 3.24 Å². The Morgan fingerprint density at radius 1 is 1.22 bits per heavy atom. The molecule has 0 aliphatic carbocycles. The molecule has 0 aliphatic rings. The molecule has 0 saturated carbocycles. The van der Waals surface area contributed by atoms with Gasteiger partial charge in [0.25, 0.3) is 0 Å². The van der Waals surface area contributed by atoms with E-state index in [-0.39, 0.29) is 0 Å². The number of alkyl halides is 1. The average Bonchev–Trinajstić information content (AvgIpc) is 1.89. The van der Waals surface area contributed by atoms with Gasteiger partial charge in [-0.3, -0.25) is 0 Å². The van der Waals surface area contributed by atoms with E-state index < -0.39 is 0 Å². The van der Waals surface area contributed by atoms with Crippen molar-refractivity contribution in [2.45, 2.75) is 20.3 Å². The van der Waals surface area contributed by atoms with Gasteiger partial charge in [0.05, 0.1) is 0 Å². The molecule has 58 valence electrons. The largest absolute Gasteiger partial charge is 0.310 e. The van der Waals surface area contributed by atoms with E-state index in [0.29, 0.717) is 0 Å². The molecule has 0 bridgehead atoms. The molecular weight excluding hydrogens is 178 g/mol. The normalized spacial score (nSPS) is 8.67. The van der Waals surface area contributed by atoms with Crippen molar-refractivity contribution in [1.29, 1.82) is 0 Å². The molecule has 0 unspecified atom stereocenters. The Bertz CT molecular complexity index is 35.9. The van der Waals surface area contributed by atoms with Crippen LogP contribution in [-0.2, 0) is 0 Å². The first kappa shape index (κ1) is 12.1. The summed E-state index contributed by atoms with van der Waals surface area (Å²) in [7, 11) is 4.11. The second-order valence-electron chi connectivity index (χ2n) is 2.08. The van der Waals surface area contributed by atoms with Crippen molar-refractivity contribution in [3.63, 3.8) is 0 Å². The first-order chi connectivity index (χ1) is 4.18. The molecule has 9 heavy (non-hydrogen) atoms. The third-order valence-corrected chi connectivity index (χ3v) is 1.61. The number of hydrogen-bond acceptors (Lipinski definition) is 1. The van der Waals surface area contributed by atoms with Crippen LogP contribution in [0.1, 0.15) is 20.3 Å². The van der Waals surface area contributed by atoms with Gasteiger partial charge in [-0.25, -0.2) is 0 Å². The molecule has 0 aromatic heterocycles. The van der Waals surface area contributed by atoms with Crippen LogP contribution in [0.4, 0.5) is 0 Å². The Hall–Kier alpha value is 0.440. The van der Waals surface area contributed by atoms with Gasteiger partial charge in [-0.1, -0.05) is 29.8 Å². The second kappa shape index (κ2) is 11.3. The second-order valence-corrected chi connectivity index (χ2v) is 2.88. The highest BCUT2D eigenvalue weighted by Gasteiger charge is 1.72. The van der Waals surface area contributed by atoms with Gasteiger partial charge >= 0.3 is 0 Å². The molecule has 0 radical (unpaired) electrons. The van der Waals surface area contributed by atoms with Gasteiger partial charge in [-0.2, -0.15) is 0 Å². The molecule has 1 nitrogen and oxygen atoms in total. The van der Waals surface area contributed by atoms with Gasteiger partial charge in [0.15, 0.2) is 0 Å². The zero-order valence-corrected chi connectivity index (χ0v) is 8.53. The maximum absolute atomic E-state index is 3.25. The smallest absolute Gasteiger partial charge is 0.00286 e. The van der Waals surface area contributed by atoms with Crippen LogP contribution in [0.25, 0.3) is 0 Å². The highest BCUT2D eigenvalue weighted by Crippen LogP contribution is 1.80. The van der Waals surface area contributed by atoms with Crippen LogP contribution in [0.5, 0.6) is 0 Å². The summed E-state index contributed by atoms with van der Waals surface area (Å²) >= 11 is 3.25. The van der Waals surface area contributed by atoms with Crippen LogP contribution in [0.3, 0.4) is 0 Å². The molecule has 0 amide bonds. The van der Waals surface area contributed by atoms with Crippen molar-refractivity contribution in [2.75, 3.05) is 26.0 Å². The number of halogens is 1. The van der Waals surface area contributed by atoms with Crippen LogP contribution in [0.15, 0.2) is 0 Å². The van der Waals surface area contributed by atoms with Crippen molar-refractivity contribution in [3.05, 3.63) is 0 Å².